The molecule has 7 heteroatoms. The van der Waals surface area contributed by atoms with Crippen molar-refractivity contribution in [2.75, 3.05) is 11.1 Å². The highest BCUT2D eigenvalue weighted by Gasteiger charge is 2.33. The number of hydrogen-bond donors (Lipinski definition) is 3. The Balaban J connectivity index is 3.05. The molecule has 1 aromatic rings. The summed E-state index contributed by atoms with van der Waals surface area (Å²) >= 11 is 2.96. The first-order valence-corrected chi connectivity index (χ1v) is 5.78. The van der Waals surface area contributed by atoms with Crippen LogP contribution in [-0.4, -0.2) is 21.6 Å². The SMILES string of the molecule is Nc1cc(C(O)C(O)CBr)ccc1C(F)(F)F. The highest BCUT2D eigenvalue weighted by atomic mass is 79.9. The molecule has 0 aromatic heterocycles. The van der Waals surface area contributed by atoms with Gasteiger partial charge in [0, 0.05) is 11.0 Å². The number of nitrogens with two attached hydrogens (primary N) is 1. The average molecular weight is 314 g/mol. The first-order chi connectivity index (χ1) is 7.77. The van der Waals surface area contributed by atoms with Gasteiger partial charge in [-0.15, -0.1) is 0 Å². The van der Waals surface area contributed by atoms with E-state index in [1.807, 2.05) is 0 Å². The lowest BCUT2D eigenvalue weighted by Crippen LogP contribution is -2.20. The molecule has 0 saturated carbocycles. The van der Waals surface area contributed by atoms with E-state index < -0.39 is 29.6 Å². The maximum atomic E-state index is 12.4. The first-order valence-electron chi connectivity index (χ1n) is 4.66. The number of aliphatic hydroxyl groups excluding tert-OH is 2. The topological polar surface area (TPSA) is 66.5 Å². The Hall–Kier alpha value is -0.790. The van der Waals surface area contributed by atoms with Crippen LogP contribution in [0.1, 0.15) is 17.2 Å². The summed E-state index contributed by atoms with van der Waals surface area (Å²) in [4.78, 5) is 0. The van der Waals surface area contributed by atoms with Crippen LogP contribution in [0.15, 0.2) is 18.2 Å². The van der Waals surface area contributed by atoms with Crippen molar-refractivity contribution in [2.45, 2.75) is 18.4 Å². The van der Waals surface area contributed by atoms with Crippen LogP contribution in [-0.2, 0) is 6.18 Å². The Kier molecular flexibility index (Phi) is 4.40. The van der Waals surface area contributed by atoms with Crippen molar-refractivity contribution in [2.24, 2.45) is 0 Å². The smallest absolute Gasteiger partial charge is 0.398 e. The van der Waals surface area contributed by atoms with Gasteiger partial charge >= 0.3 is 6.18 Å². The van der Waals surface area contributed by atoms with E-state index in [0.717, 1.165) is 18.2 Å². The largest absolute Gasteiger partial charge is 0.418 e. The minimum Gasteiger partial charge on any atom is -0.398 e. The maximum absolute atomic E-state index is 12.4. The Labute approximate surface area is 104 Å². The third kappa shape index (κ3) is 3.34. The number of benzene rings is 1. The molecule has 17 heavy (non-hydrogen) atoms. The number of alkyl halides is 4. The van der Waals surface area contributed by atoms with E-state index in [0.29, 0.717) is 0 Å². The van der Waals surface area contributed by atoms with Gasteiger partial charge in [0.15, 0.2) is 0 Å². The molecule has 3 nitrogen and oxygen atoms in total. The summed E-state index contributed by atoms with van der Waals surface area (Å²) in [7, 11) is 0. The molecule has 0 fully saturated rings. The molecular weight excluding hydrogens is 303 g/mol. The van der Waals surface area contributed by atoms with Crippen LogP contribution in [0.2, 0.25) is 0 Å². The Bertz CT molecular complexity index is 398. The number of nitrogen functional groups attached to an aromatic ring is 1. The van der Waals surface area contributed by atoms with Gasteiger partial charge in [0.05, 0.1) is 11.7 Å². The Morgan fingerprint density at radius 1 is 1.29 bits per heavy atom. The lowest BCUT2D eigenvalue weighted by molar-refractivity contribution is -0.136. The van der Waals surface area contributed by atoms with Gasteiger partial charge in [-0.2, -0.15) is 13.2 Å². The van der Waals surface area contributed by atoms with Crippen LogP contribution in [0.5, 0.6) is 0 Å². The van der Waals surface area contributed by atoms with Gasteiger partial charge in [0.2, 0.25) is 0 Å². The zero-order chi connectivity index (χ0) is 13.2. The quantitative estimate of drug-likeness (QED) is 0.591. The lowest BCUT2D eigenvalue weighted by atomic mass is 10.0. The summed E-state index contributed by atoms with van der Waals surface area (Å²) < 4.78 is 37.2. The molecule has 0 amide bonds. The number of aliphatic hydroxyl groups is 2. The fourth-order valence-electron chi connectivity index (χ4n) is 1.33. The molecule has 1 aromatic carbocycles. The van der Waals surface area contributed by atoms with Gasteiger partial charge < -0.3 is 15.9 Å². The second-order valence-electron chi connectivity index (χ2n) is 3.51. The molecule has 0 radical (unpaired) electrons. The van der Waals surface area contributed by atoms with Gasteiger partial charge in [-0.3, -0.25) is 0 Å². The third-order valence-corrected chi connectivity index (χ3v) is 2.91. The van der Waals surface area contributed by atoms with E-state index in [1.165, 1.54) is 0 Å². The van der Waals surface area contributed by atoms with Crippen molar-refractivity contribution >= 4 is 21.6 Å². The lowest BCUT2D eigenvalue weighted by Gasteiger charge is -2.18. The van der Waals surface area contributed by atoms with Crippen LogP contribution < -0.4 is 5.73 Å². The van der Waals surface area contributed by atoms with Crippen LogP contribution in [0.4, 0.5) is 18.9 Å². The molecule has 2 atom stereocenters. The second kappa shape index (κ2) is 5.24. The molecule has 0 aliphatic rings. The molecule has 0 aliphatic carbocycles. The summed E-state index contributed by atoms with van der Waals surface area (Å²) in [5.41, 5.74) is 3.97. The van der Waals surface area contributed by atoms with E-state index in [4.69, 9.17) is 5.73 Å². The van der Waals surface area contributed by atoms with Gasteiger partial charge in [-0.1, -0.05) is 22.0 Å². The predicted molar refractivity (Wildman–Crippen MR) is 60.6 cm³/mol. The number of rotatable bonds is 3. The normalized spacial score (nSPS) is 15.6. The van der Waals surface area contributed by atoms with Gasteiger partial charge in [-0.05, 0) is 17.7 Å². The van der Waals surface area contributed by atoms with Crippen molar-refractivity contribution in [3.8, 4) is 0 Å². The van der Waals surface area contributed by atoms with E-state index in [9.17, 15) is 23.4 Å². The van der Waals surface area contributed by atoms with Crippen molar-refractivity contribution in [1.29, 1.82) is 0 Å². The van der Waals surface area contributed by atoms with Crippen LogP contribution in [0.3, 0.4) is 0 Å². The number of hydrogen-bond acceptors (Lipinski definition) is 3. The molecule has 0 aliphatic heterocycles. The fraction of sp³-hybridized carbons (Fsp3) is 0.400. The average Bonchev–Trinajstić information content (AvgIpc) is 2.25. The fourth-order valence-corrected chi connectivity index (χ4v) is 1.68. The predicted octanol–water partition coefficient (Wildman–Crippen LogP) is 2.08. The molecule has 0 saturated heterocycles. The van der Waals surface area contributed by atoms with E-state index in [-0.39, 0.29) is 10.9 Å². The Morgan fingerprint density at radius 3 is 2.29 bits per heavy atom. The van der Waals surface area contributed by atoms with Gasteiger partial charge in [0.1, 0.15) is 6.10 Å². The molecular formula is C10H11BrF3NO2. The Morgan fingerprint density at radius 2 is 1.88 bits per heavy atom. The summed E-state index contributed by atoms with van der Waals surface area (Å²) in [5, 5.41) is 19.0. The zero-order valence-electron chi connectivity index (χ0n) is 8.58. The van der Waals surface area contributed by atoms with Gasteiger partial charge in [-0.25, -0.2) is 0 Å². The monoisotopic (exact) mass is 313 g/mol. The molecule has 0 spiro atoms. The minimum atomic E-state index is -4.53. The molecule has 0 bridgehead atoms. The maximum Gasteiger partial charge on any atom is 0.418 e. The van der Waals surface area contributed by atoms with Crippen LogP contribution in [0, 0.1) is 0 Å². The van der Waals surface area contributed by atoms with Crippen LogP contribution in [0.25, 0.3) is 0 Å². The standard InChI is InChI=1S/C10H11BrF3NO2/c11-4-8(16)9(17)5-1-2-6(7(15)3-5)10(12,13)14/h1-3,8-9,16-17H,4,15H2. The molecule has 4 N–H and O–H groups in total. The highest BCUT2D eigenvalue weighted by molar-refractivity contribution is 9.09. The molecule has 1 rings (SSSR count). The summed E-state index contributed by atoms with van der Waals surface area (Å²) in [6.45, 7) is 0. The number of halogens is 4. The van der Waals surface area contributed by atoms with Crippen molar-refractivity contribution in [3.63, 3.8) is 0 Å². The molecule has 2 unspecified atom stereocenters. The summed E-state index contributed by atoms with van der Waals surface area (Å²) in [6, 6.07) is 2.89. The summed E-state index contributed by atoms with van der Waals surface area (Å²) in [6.07, 6.45) is -6.91. The number of anilines is 1. The van der Waals surface area contributed by atoms with Crippen molar-refractivity contribution in [1.82, 2.24) is 0 Å². The van der Waals surface area contributed by atoms with Gasteiger partial charge in [0.25, 0.3) is 0 Å². The molecule has 96 valence electrons. The van der Waals surface area contributed by atoms with Crippen molar-refractivity contribution in [3.05, 3.63) is 29.3 Å². The first kappa shape index (κ1) is 14.3. The van der Waals surface area contributed by atoms with E-state index in [1.54, 1.807) is 0 Å². The summed E-state index contributed by atoms with van der Waals surface area (Å²) in [5.74, 6) is 0. The van der Waals surface area contributed by atoms with Crippen molar-refractivity contribution < 1.29 is 23.4 Å². The second-order valence-corrected chi connectivity index (χ2v) is 4.16. The van der Waals surface area contributed by atoms with E-state index >= 15 is 0 Å². The molecule has 0 heterocycles. The highest BCUT2D eigenvalue weighted by Crippen LogP contribution is 2.35. The zero-order valence-corrected chi connectivity index (χ0v) is 10.2. The van der Waals surface area contributed by atoms with E-state index in [2.05, 4.69) is 15.9 Å². The van der Waals surface area contributed by atoms with Crippen LogP contribution >= 0.6 is 15.9 Å². The third-order valence-electron chi connectivity index (χ3n) is 2.25. The minimum absolute atomic E-state index is 0.106.